The van der Waals surface area contributed by atoms with Crippen molar-refractivity contribution in [2.24, 2.45) is 0 Å². The van der Waals surface area contributed by atoms with Gasteiger partial charge in [0.05, 0.1) is 25.3 Å². The highest BCUT2D eigenvalue weighted by Gasteiger charge is 2.46. The minimum atomic E-state index is -1.10. The van der Waals surface area contributed by atoms with Gasteiger partial charge in [-0.3, -0.25) is 39.0 Å². The van der Waals surface area contributed by atoms with Crippen molar-refractivity contribution >= 4 is 35.4 Å². The van der Waals surface area contributed by atoms with E-state index in [-0.39, 0.29) is 42.2 Å². The van der Waals surface area contributed by atoms with E-state index in [1.165, 1.54) is 18.2 Å². The molecule has 2 heterocycles. The molecule has 0 spiro atoms. The summed E-state index contributed by atoms with van der Waals surface area (Å²) in [5, 5.41) is 7.71. The van der Waals surface area contributed by atoms with Crippen LogP contribution in [0.2, 0.25) is 0 Å². The van der Waals surface area contributed by atoms with Crippen molar-refractivity contribution in [1.82, 2.24) is 20.9 Å². The van der Waals surface area contributed by atoms with Gasteiger partial charge in [-0.15, -0.1) is 0 Å². The normalized spacial score (nSPS) is 14.9. The van der Waals surface area contributed by atoms with E-state index >= 15 is 0 Å². The summed E-state index contributed by atoms with van der Waals surface area (Å²) in [7, 11) is 3.23. The first-order valence-corrected chi connectivity index (χ1v) is 18.2. The van der Waals surface area contributed by atoms with Crippen LogP contribution in [0.4, 0.5) is 0 Å². The number of nitrogens with one attached hydrogen (secondary N) is 3. The van der Waals surface area contributed by atoms with Crippen molar-refractivity contribution in [3.63, 3.8) is 0 Å². The number of fused-ring (bicyclic) bond motifs is 1. The minimum absolute atomic E-state index is 0.00916. The second-order valence-electron chi connectivity index (χ2n) is 12.9. The van der Waals surface area contributed by atoms with Crippen LogP contribution in [0.3, 0.4) is 0 Å². The SMILES string of the molecule is COc1ccc(CCCc2ccccc2OCC(=O)NCCCOCCCNC(=O)COc2cccc3c2C(=O)N(C2CCC(=O)NC2=O)C3=O)cc1OC. The van der Waals surface area contributed by atoms with Crippen LogP contribution in [0, 0.1) is 0 Å². The molecule has 0 aromatic heterocycles. The van der Waals surface area contributed by atoms with Gasteiger partial charge in [0.15, 0.2) is 24.7 Å². The van der Waals surface area contributed by atoms with Crippen molar-refractivity contribution in [2.75, 3.05) is 53.7 Å². The molecule has 1 saturated heterocycles. The van der Waals surface area contributed by atoms with Crippen LogP contribution < -0.4 is 34.9 Å². The monoisotopic (exact) mass is 758 g/mol. The first kappa shape index (κ1) is 40.2. The summed E-state index contributed by atoms with van der Waals surface area (Å²) >= 11 is 0. The highest BCUT2D eigenvalue weighted by Crippen LogP contribution is 2.34. The third kappa shape index (κ3) is 10.8. The molecule has 0 aliphatic carbocycles. The topological polar surface area (TPSA) is 188 Å². The maximum Gasteiger partial charge on any atom is 0.266 e. The molecule has 1 atom stereocenters. The number of nitrogens with zero attached hydrogens (tertiary/aromatic N) is 1. The predicted molar refractivity (Wildman–Crippen MR) is 198 cm³/mol. The molecule has 15 nitrogen and oxygen atoms in total. The van der Waals surface area contributed by atoms with Gasteiger partial charge in [0.25, 0.3) is 23.6 Å². The molecule has 0 bridgehead atoms. The Morgan fingerprint density at radius 1 is 0.745 bits per heavy atom. The van der Waals surface area contributed by atoms with Crippen molar-refractivity contribution in [1.29, 1.82) is 0 Å². The largest absolute Gasteiger partial charge is 0.493 e. The fourth-order valence-electron chi connectivity index (χ4n) is 6.27. The highest BCUT2D eigenvalue weighted by molar-refractivity contribution is 6.24. The Hall–Kier alpha value is -5.96. The molecule has 55 heavy (non-hydrogen) atoms. The Morgan fingerprint density at radius 2 is 1.42 bits per heavy atom. The number of carbonyl (C=O) groups is 6. The fraction of sp³-hybridized carbons (Fsp3) is 0.400. The first-order chi connectivity index (χ1) is 26.7. The molecule has 0 saturated carbocycles. The first-order valence-electron chi connectivity index (χ1n) is 18.2. The number of hydrogen-bond acceptors (Lipinski definition) is 11. The molecule has 5 rings (SSSR count). The zero-order chi connectivity index (χ0) is 39.2. The number of para-hydroxylation sites is 1. The van der Waals surface area contributed by atoms with E-state index < -0.39 is 42.2 Å². The molecule has 0 radical (unpaired) electrons. The van der Waals surface area contributed by atoms with Crippen LogP contribution in [0.25, 0.3) is 0 Å². The summed E-state index contributed by atoms with van der Waals surface area (Å²) in [5.74, 6) is -1.08. The maximum absolute atomic E-state index is 13.2. The number of benzene rings is 3. The predicted octanol–water partition coefficient (Wildman–Crippen LogP) is 2.77. The van der Waals surface area contributed by atoms with E-state index in [0.29, 0.717) is 56.4 Å². The van der Waals surface area contributed by atoms with Crippen molar-refractivity contribution in [3.8, 4) is 23.0 Å². The Morgan fingerprint density at radius 3 is 2.11 bits per heavy atom. The van der Waals surface area contributed by atoms with E-state index in [1.807, 2.05) is 42.5 Å². The Bertz CT molecular complexity index is 1880. The van der Waals surface area contributed by atoms with Crippen molar-refractivity contribution in [3.05, 3.63) is 82.9 Å². The Kier molecular flexibility index (Phi) is 14.6. The molecular formula is C40H46N4O11. The lowest BCUT2D eigenvalue weighted by Crippen LogP contribution is -2.54. The molecule has 1 fully saturated rings. The summed E-state index contributed by atoms with van der Waals surface area (Å²) in [4.78, 5) is 75.6. The minimum Gasteiger partial charge on any atom is -0.493 e. The zero-order valence-corrected chi connectivity index (χ0v) is 31.0. The average Bonchev–Trinajstić information content (AvgIpc) is 3.44. The molecule has 2 aliphatic rings. The van der Waals surface area contributed by atoms with Gasteiger partial charge in [-0.2, -0.15) is 0 Å². The highest BCUT2D eigenvalue weighted by atomic mass is 16.5. The quantitative estimate of drug-likeness (QED) is 0.107. The summed E-state index contributed by atoms with van der Waals surface area (Å²) in [6.07, 6.45) is 3.71. The second kappa shape index (κ2) is 19.9. The van der Waals surface area contributed by atoms with Gasteiger partial charge in [0, 0.05) is 32.7 Å². The van der Waals surface area contributed by atoms with Crippen LogP contribution in [-0.2, 0) is 36.8 Å². The van der Waals surface area contributed by atoms with Gasteiger partial charge >= 0.3 is 0 Å². The standard InChI is InChI=1S/C40H46N4O11/c1-51-31-17-15-26(23-33(31)52-2)9-5-11-27-10-3-4-13-30(27)54-24-35(46)41-19-7-21-53-22-8-20-42-36(47)25-55-32-14-6-12-28-37(32)40(50)44(39(28)49)29-16-18-34(45)43-38(29)48/h3-4,6,10,12-15,17,23,29H,5,7-9,11,16,18-22,24-25H2,1-2H3,(H,41,46)(H,42,47)(H,43,45,48). The lowest BCUT2D eigenvalue weighted by atomic mass is 10.0. The van der Waals surface area contributed by atoms with E-state index in [1.54, 1.807) is 14.2 Å². The Labute approximate surface area is 319 Å². The number of hydrogen-bond donors (Lipinski definition) is 3. The molecule has 292 valence electrons. The van der Waals surface area contributed by atoms with E-state index in [9.17, 15) is 28.8 Å². The number of rotatable bonds is 21. The van der Waals surface area contributed by atoms with Crippen LogP contribution in [-0.4, -0.2) is 100 Å². The molecule has 15 heteroatoms. The van der Waals surface area contributed by atoms with E-state index in [2.05, 4.69) is 16.0 Å². The summed E-state index contributed by atoms with van der Waals surface area (Å²) in [6, 6.07) is 16.9. The van der Waals surface area contributed by atoms with E-state index in [0.717, 1.165) is 35.3 Å². The number of ether oxygens (including phenoxy) is 5. The molecule has 2 aliphatic heterocycles. The molecule has 3 N–H and O–H groups in total. The van der Waals surface area contributed by atoms with Gasteiger partial charge in [0.1, 0.15) is 17.5 Å². The van der Waals surface area contributed by atoms with Gasteiger partial charge < -0.3 is 34.3 Å². The van der Waals surface area contributed by atoms with E-state index in [4.69, 9.17) is 23.7 Å². The van der Waals surface area contributed by atoms with Crippen LogP contribution >= 0.6 is 0 Å². The lowest BCUT2D eigenvalue weighted by molar-refractivity contribution is -0.136. The maximum atomic E-state index is 13.2. The van der Waals surface area contributed by atoms with Crippen molar-refractivity contribution in [2.45, 2.75) is 51.0 Å². The smallest absolute Gasteiger partial charge is 0.266 e. The van der Waals surface area contributed by atoms with Gasteiger partial charge in [0.2, 0.25) is 11.8 Å². The Balaban J connectivity index is 0.913. The summed E-state index contributed by atoms with van der Waals surface area (Å²) in [5.41, 5.74) is 2.21. The molecule has 3 aromatic rings. The van der Waals surface area contributed by atoms with Gasteiger partial charge in [-0.25, -0.2) is 0 Å². The number of imide groups is 2. The lowest BCUT2D eigenvalue weighted by Gasteiger charge is -2.27. The van der Waals surface area contributed by atoms with Gasteiger partial charge in [-0.05, 0) is 80.0 Å². The molecule has 3 aromatic carbocycles. The third-order valence-corrected chi connectivity index (χ3v) is 9.05. The number of carbonyl (C=O) groups excluding carboxylic acids is 6. The molecule has 6 amide bonds. The third-order valence-electron chi connectivity index (χ3n) is 9.05. The number of amides is 6. The molecule has 1 unspecified atom stereocenters. The van der Waals surface area contributed by atoms with Crippen LogP contribution in [0.15, 0.2) is 60.7 Å². The van der Waals surface area contributed by atoms with Crippen LogP contribution in [0.1, 0.15) is 63.9 Å². The van der Waals surface area contributed by atoms with Gasteiger partial charge in [-0.1, -0.05) is 30.3 Å². The zero-order valence-electron chi connectivity index (χ0n) is 31.0. The summed E-state index contributed by atoms with van der Waals surface area (Å²) in [6.45, 7) is 1.06. The second-order valence-corrected chi connectivity index (χ2v) is 12.9. The van der Waals surface area contributed by atoms with Crippen molar-refractivity contribution < 1.29 is 52.5 Å². The summed E-state index contributed by atoms with van der Waals surface area (Å²) < 4.78 is 27.8. The fourth-order valence-corrected chi connectivity index (χ4v) is 6.27. The average molecular weight is 759 g/mol. The number of piperidine rings is 1. The number of aryl methyl sites for hydroxylation is 2. The van der Waals surface area contributed by atoms with Crippen LogP contribution in [0.5, 0.6) is 23.0 Å². The number of methoxy groups -OCH3 is 2. The molecular weight excluding hydrogens is 712 g/mol.